The van der Waals surface area contributed by atoms with Crippen LogP contribution in [0.15, 0.2) is 41.5 Å². The number of nitrogens with one attached hydrogen (secondary N) is 2. The van der Waals surface area contributed by atoms with Gasteiger partial charge in [0.2, 0.25) is 11.9 Å². The fourth-order valence-corrected chi connectivity index (χ4v) is 3.58. The number of carbonyl (C=O) groups is 3. The van der Waals surface area contributed by atoms with Crippen LogP contribution in [0.2, 0.25) is 0 Å². The first-order valence-corrected chi connectivity index (χ1v) is 10.1. The number of hydrogen-bond donors (Lipinski definition) is 2. The SMILES string of the molecule is CC(=O)Nc1nc2ncn([C@@H]3O[C@H](COC(=O)c4ccccc4)C[C@H]3OC(C)=O)c2c(=O)[nH]1. The number of imidazole rings is 1. The van der Waals surface area contributed by atoms with Crippen LogP contribution < -0.4 is 10.9 Å². The Morgan fingerprint density at radius 3 is 2.70 bits per heavy atom. The Kier molecular flexibility index (Phi) is 6.18. The van der Waals surface area contributed by atoms with Crippen molar-refractivity contribution in [1.29, 1.82) is 0 Å². The van der Waals surface area contributed by atoms with Crippen molar-refractivity contribution in [3.8, 4) is 0 Å². The number of anilines is 1. The Balaban J connectivity index is 1.56. The van der Waals surface area contributed by atoms with E-state index in [1.54, 1.807) is 30.3 Å². The zero-order chi connectivity index (χ0) is 23.5. The molecule has 12 heteroatoms. The second-order valence-electron chi connectivity index (χ2n) is 7.42. The van der Waals surface area contributed by atoms with Crippen LogP contribution >= 0.6 is 0 Å². The Bertz CT molecular complexity index is 1250. The van der Waals surface area contributed by atoms with E-state index in [0.29, 0.717) is 5.56 Å². The molecule has 1 aromatic carbocycles. The fourth-order valence-electron chi connectivity index (χ4n) is 3.58. The molecular formula is C21H21N5O7. The summed E-state index contributed by atoms with van der Waals surface area (Å²) in [6.07, 6.45) is -0.663. The molecule has 3 heterocycles. The van der Waals surface area contributed by atoms with Gasteiger partial charge in [0.15, 0.2) is 17.4 Å². The largest absolute Gasteiger partial charge is 0.459 e. The van der Waals surface area contributed by atoms with Crippen LogP contribution in [0.3, 0.4) is 0 Å². The van der Waals surface area contributed by atoms with Crippen molar-refractivity contribution < 1.29 is 28.6 Å². The maximum atomic E-state index is 12.7. The molecule has 0 aliphatic carbocycles. The van der Waals surface area contributed by atoms with Gasteiger partial charge in [-0.3, -0.25) is 29.3 Å². The molecule has 1 fully saturated rings. The number of esters is 2. The van der Waals surface area contributed by atoms with E-state index in [2.05, 4.69) is 20.3 Å². The molecular weight excluding hydrogens is 434 g/mol. The molecule has 1 aliphatic rings. The maximum absolute atomic E-state index is 12.7. The Morgan fingerprint density at radius 2 is 2.00 bits per heavy atom. The summed E-state index contributed by atoms with van der Waals surface area (Å²) in [6, 6.07) is 8.50. The molecule has 0 unspecified atom stereocenters. The Hall–Kier alpha value is -4.06. The lowest BCUT2D eigenvalue weighted by atomic mass is 10.2. The van der Waals surface area contributed by atoms with Crippen molar-refractivity contribution in [3.63, 3.8) is 0 Å². The van der Waals surface area contributed by atoms with Crippen molar-refractivity contribution in [2.24, 2.45) is 0 Å². The summed E-state index contributed by atoms with van der Waals surface area (Å²) in [5.41, 5.74) is -0.0121. The molecule has 4 rings (SSSR count). The number of fused-ring (bicyclic) bond motifs is 1. The van der Waals surface area contributed by atoms with Gasteiger partial charge in [0.05, 0.1) is 11.7 Å². The van der Waals surface area contributed by atoms with E-state index in [-0.39, 0.29) is 30.1 Å². The highest BCUT2D eigenvalue weighted by Crippen LogP contribution is 2.33. The lowest BCUT2D eigenvalue weighted by molar-refractivity contribution is -0.152. The van der Waals surface area contributed by atoms with E-state index in [9.17, 15) is 19.2 Å². The van der Waals surface area contributed by atoms with Crippen LogP contribution in [0.1, 0.15) is 36.9 Å². The lowest BCUT2D eigenvalue weighted by Gasteiger charge is -2.20. The third kappa shape index (κ3) is 4.90. The average molecular weight is 455 g/mol. The number of nitrogens with zero attached hydrogens (tertiary/aromatic N) is 3. The first-order valence-electron chi connectivity index (χ1n) is 10.1. The van der Waals surface area contributed by atoms with Gasteiger partial charge >= 0.3 is 11.9 Å². The zero-order valence-electron chi connectivity index (χ0n) is 17.8. The highest BCUT2D eigenvalue weighted by molar-refractivity contribution is 5.89. The van der Waals surface area contributed by atoms with Gasteiger partial charge in [-0.05, 0) is 12.1 Å². The molecule has 0 radical (unpaired) electrons. The topological polar surface area (TPSA) is 154 Å². The maximum Gasteiger partial charge on any atom is 0.338 e. The predicted octanol–water partition coefficient (Wildman–Crippen LogP) is 1.15. The molecule has 1 aliphatic heterocycles. The van der Waals surface area contributed by atoms with Gasteiger partial charge in [-0.1, -0.05) is 18.2 Å². The van der Waals surface area contributed by atoms with Crippen LogP contribution in [0.5, 0.6) is 0 Å². The molecule has 2 aromatic heterocycles. The number of H-pyrrole nitrogens is 1. The minimum absolute atomic E-state index is 0.0418. The van der Waals surface area contributed by atoms with E-state index in [1.165, 1.54) is 24.7 Å². The summed E-state index contributed by atoms with van der Waals surface area (Å²) >= 11 is 0. The minimum Gasteiger partial charge on any atom is -0.459 e. The fraction of sp³-hybridized carbons (Fsp3) is 0.333. The van der Waals surface area contributed by atoms with Gasteiger partial charge in [-0.25, -0.2) is 9.78 Å². The molecule has 3 aromatic rings. The summed E-state index contributed by atoms with van der Waals surface area (Å²) in [5.74, 6) is -1.48. The van der Waals surface area contributed by atoms with Crippen LogP contribution in [-0.4, -0.2) is 56.2 Å². The van der Waals surface area contributed by atoms with Gasteiger partial charge in [0.25, 0.3) is 5.56 Å². The van der Waals surface area contributed by atoms with E-state index in [4.69, 9.17) is 14.2 Å². The van der Waals surface area contributed by atoms with Gasteiger partial charge < -0.3 is 14.2 Å². The molecule has 3 atom stereocenters. The summed E-state index contributed by atoms with van der Waals surface area (Å²) in [7, 11) is 0. The lowest BCUT2D eigenvalue weighted by Crippen LogP contribution is -2.26. The van der Waals surface area contributed by atoms with Crippen molar-refractivity contribution in [2.75, 3.05) is 11.9 Å². The van der Waals surface area contributed by atoms with E-state index < -0.39 is 41.8 Å². The van der Waals surface area contributed by atoms with Gasteiger partial charge in [0, 0.05) is 20.3 Å². The summed E-state index contributed by atoms with van der Waals surface area (Å²) in [6.45, 7) is 2.47. The van der Waals surface area contributed by atoms with Gasteiger partial charge in [-0.2, -0.15) is 4.98 Å². The number of aromatic amines is 1. The number of benzene rings is 1. The third-order valence-corrected chi connectivity index (χ3v) is 4.88. The van der Waals surface area contributed by atoms with Crippen LogP contribution in [0.4, 0.5) is 5.95 Å². The van der Waals surface area contributed by atoms with Crippen molar-refractivity contribution in [1.82, 2.24) is 19.5 Å². The van der Waals surface area contributed by atoms with Gasteiger partial charge in [-0.15, -0.1) is 0 Å². The van der Waals surface area contributed by atoms with Crippen LogP contribution in [0, 0.1) is 0 Å². The average Bonchev–Trinajstić information content (AvgIpc) is 3.35. The van der Waals surface area contributed by atoms with Gasteiger partial charge in [0.1, 0.15) is 19.0 Å². The monoisotopic (exact) mass is 455 g/mol. The minimum atomic E-state index is -0.895. The Morgan fingerprint density at radius 1 is 1.24 bits per heavy atom. The second-order valence-corrected chi connectivity index (χ2v) is 7.42. The first-order chi connectivity index (χ1) is 15.8. The third-order valence-electron chi connectivity index (χ3n) is 4.88. The molecule has 1 saturated heterocycles. The summed E-state index contributed by atoms with van der Waals surface area (Å²) < 4.78 is 18.1. The summed E-state index contributed by atoms with van der Waals surface area (Å²) in [4.78, 5) is 58.5. The predicted molar refractivity (Wildman–Crippen MR) is 113 cm³/mol. The first kappa shape index (κ1) is 22.1. The number of ether oxygens (including phenoxy) is 3. The number of aromatic nitrogens is 4. The molecule has 2 N–H and O–H groups in total. The van der Waals surface area contributed by atoms with Crippen LogP contribution in [0.25, 0.3) is 11.2 Å². The van der Waals surface area contributed by atoms with Crippen molar-refractivity contribution >= 4 is 35.0 Å². The molecule has 0 spiro atoms. The molecule has 12 nitrogen and oxygen atoms in total. The second kappa shape index (κ2) is 9.20. The molecule has 1 amide bonds. The van der Waals surface area contributed by atoms with E-state index >= 15 is 0 Å². The smallest absolute Gasteiger partial charge is 0.338 e. The highest BCUT2D eigenvalue weighted by Gasteiger charge is 2.40. The number of rotatable bonds is 6. The normalized spacial score (nSPS) is 19.9. The highest BCUT2D eigenvalue weighted by atomic mass is 16.6. The zero-order valence-corrected chi connectivity index (χ0v) is 17.8. The molecule has 172 valence electrons. The summed E-state index contributed by atoms with van der Waals surface area (Å²) in [5, 5.41) is 2.40. The van der Waals surface area contributed by atoms with E-state index in [0.717, 1.165) is 0 Å². The molecule has 0 bridgehead atoms. The quantitative estimate of drug-likeness (QED) is 0.521. The van der Waals surface area contributed by atoms with Crippen molar-refractivity contribution in [2.45, 2.75) is 38.7 Å². The van der Waals surface area contributed by atoms with Crippen LogP contribution in [-0.2, 0) is 23.8 Å². The molecule has 33 heavy (non-hydrogen) atoms. The standard InChI is InChI=1S/C21H21N5O7/c1-11(27)23-21-24-17-16(18(29)25-21)26(10-22-17)19-15(32-12(2)28)8-14(33-19)9-31-20(30)13-6-4-3-5-7-13/h3-7,10,14-15,19H,8-9H2,1-2H3,(H2,23,24,25,27,29)/t14-,15+,19+/m0/s1. The van der Waals surface area contributed by atoms with E-state index in [1.807, 2.05) is 0 Å². The number of hydrogen-bond acceptors (Lipinski definition) is 9. The number of carbonyl (C=O) groups excluding carboxylic acids is 3. The Labute approximate surface area is 186 Å². The number of amides is 1. The van der Waals surface area contributed by atoms with Crippen molar-refractivity contribution in [3.05, 3.63) is 52.6 Å². The molecule has 0 saturated carbocycles.